The maximum atomic E-state index is 12.1. The molecule has 1 aliphatic carbocycles. The Morgan fingerprint density at radius 3 is 2.96 bits per heavy atom. The van der Waals surface area contributed by atoms with Gasteiger partial charge >= 0.3 is 6.03 Å². The number of carbonyl (C=O) groups is 2. The minimum atomic E-state index is -0.130. The number of thiophene rings is 1. The summed E-state index contributed by atoms with van der Waals surface area (Å²) >= 11 is 1.85. The van der Waals surface area contributed by atoms with Gasteiger partial charge in [-0.15, -0.1) is 11.3 Å². The van der Waals surface area contributed by atoms with Crippen LogP contribution in [0.15, 0.2) is 6.07 Å². The molecule has 2 aliphatic rings. The van der Waals surface area contributed by atoms with Gasteiger partial charge in [0.2, 0.25) is 5.91 Å². The van der Waals surface area contributed by atoms with Gasteiger partial charge in [-0.1, -0.05) is 13.3 Å². The number of urea groups is 1. The molecule has 132 valence electrons. The van der Waals surface area contributed by atoms with E-state index in [1.807, 2.05) is 23.2 Å². The zero-order valence-corrected chi connectivity index (χ0v) is 15.2. The summed E-state index contributed by atoms with van der Waals surface area (Å²) in [5, 5.41) is 5.96. The van der Waals surface area contributed by atoms with Crippen molar-refractivity contribution in [3.05, 3.63) is 21.4 Å². The van der Waals surface area contributed by atoms with E-state index in [-0.39, 0.29) is 18.0 Å². The Hall–Kier alpha value is -1.56. The van der Waals surface area contributed by atoms with Gasteiger partial charge in [0.15, 0.2) is 0 Å². The highest BCUT2D eigenvalue weighted by Gasteiger charge is 2.26. The van der Waals surface area contributed by atoms with Gasteiger partial charge in [0.1, 0.15) is 0 Å². The van der Waals surface area contributed by atoms with Crippen molar-refractivity contribution in [2.75, 3.05) is 13.1 Å². The molecule has 0 unspecified atom stereocenters. The number of fused-ring (bicyclic) bond motifs is 1. The summed E-state index contributed by atoms with van der Waals surface area (Å²) in [6, 6.07) is 2.21. The molecule has 0 radical (unpaired) electrons. The highest BCUT2D eigenvalue weighted by atomic mass is 32.1. The van der Waals surface area contributed by atoms with Crippen LogP contribution in [-0.2, 0) is 24.2 Å². The number of nitrogens with zero attached hydrogens (tertiary/aromatic N) is 1. The summed E-state index contributed by atoms with van der Waals surface area (Å²) in [7, 11) is 0. The lowest BCUT2D eigenvalue weighted by Gasteiger charge is -2.16. The summed E-state index contributed by atoms with van der Waals surface area (Å²) in [5.74, 6) is 0.166. The average Bonchev–Trinajstić information content (AvgIpc) is 3.14. The van der Waals surface area contributed by atoms with Gasteiger partial charge < -0.3 is 15.5 Å². The topological polar surface area (TPSA) is 61.4 Å². The number of aryl methyl sites for hydroxylation is 2. The third kappa shape index (κ3) is 4.29. The summed E-state index contributed by atoms with van der Waals surface area (Å²) in [6.45, 7) is 3.84. The molecule has 1 aromatic heterocycles. The highest BCUT2D eigenvalue weighted by molar-refractivity contribution is 7.12. The molecule has 3 amide bonds. The van der Waals surface area contributed by atoms with Gasteiger partial charge in [0, 0.05) is 35.3 Å². The molecule has 1 fully saturated rings. The normalized spacial score (nSPS) is 20.4. The van der Waals surface area contributed by atoms with E-state index in [1.54, 1.807) is 0 Å². The Labute approximate surface area is 147 Å². The third-order valence-corrected chi connectivity index (χ3v) is 6.14. The lowest BCUT2D eigenvalue weighted by Crippen LogP contribution is -2.43. The molecule has 3 rings (SSSR count). The summed E-state index contributed by atoms with van der Waals surface area (Å²) in [4.78, 5) is 28.4. The molecule has 1 aromatic rings. The van der Waals surface area contributed by atoms with Crippen LogP contribution in [0, 0.1) is 0 Å². The molecular formula is C18H27N3O2S. The Bertz CT molecular complexity index is 576. The van der Waals surface area contributed by atoms with Crippen LogP contribution in [0.1, 0.15) is 54.3 Å². The Morgan fingerprint density at radius 2 is 2.12 bits per heavy atom. The van der Waals surface area contributed by atoms with Gasteiger partial charge in [0.05, 0.1) is 6.54 Å². The van der Waals surface area contributed by atoms with E-state index in [9.17, 15) is 9.59 Å². The number of amides is 3. The molecule has 1 atom stereocenters. The molecule has 0 saturated carbocycles. The van der Waals surface area contributed by atoms with Crippen LogP contribution in [0.25, 0.3) is 0 Å². The lowest BCUT2D eigenvalue weighted by atomic mass is 10.1. The van der Waals surface area contributed by atoms with Crippen molar-refractivity contribution in [3.63, 3.8) is 0 Å². The van der Waals surface area contributed by atoms with Crippen LogP contribution in [-0.4, -0.2) is 36.0 Å². The van der Waals surface area contributed by atoms with Gasteiger partial charge in [-0.05, 0) is 43.7 Å². The minimum Gasteiger partial charge on any atom is -0.341 e. The Morgan fingerprint density at radius 1 is 1.29 bits per heavy atom. The number of carbonyl (C=O) groups excluding carboxylic acids is 2. The van der Waals surface area contributed by atoms with E-state index in [2.05, 4.69) is 16.7 Å². The predicted molar refractivity (Wildman–Crippen MR) is 96.2 cm³/mol. The Kier molecular flexibility index (Phi) is 5.76. The number of rotatable bonds is 4. The van der Waals surface area contributed by atoms with E-state index in [0.717, 1.165) is 13.0 Å². The monoisotopic (exact) mass is 349 g/mol. The maximum absolute atomic E-state index is 12.1. The fourth-order valence-electron chi connectivity index (χ4n) is 3.55. The molecule has 0 bridgehead atoms. The molecule has 5 nitrogen and oxygen atoms in total. The second kappa shape index (κ2) is 8.01. The standard InChI is InChI=1S/C18H27N3O2S/c1-2-17(22)21-9-8-14(12-21)20-18(23)19-11-15-10-13-6-4-3-5-7-16(13)24-15/h10,14H,2-9,11-12H2,1H3,(H2,19,20,23)/t14-/m0/s1. The first kappa shape index (κ1) is 17.3. The van der Waals surface area contributed by atoms with E-state index in [4.69, 9.17) is 0 Å². The number of hydrogen-bond donors (Lipinski definition) is 2. The van der Waals surface area contributed by atoms with E-state index < -0.39 is 0 Å². The summed E-state index contributed by atoms with van der Waals surface area (Å²) in [5.41, 5.74) is 1.49. The van der Waals surface area contributed by atoms with Crippen molar-refractivity contribution in [1.29, 1.82) is 0 Å². The largest absolute Gasteiger partial charge is 0.341 e. The van der Waals surface area contributed by atoms with Crippen LogP contribution in [0.2, 0.25) is 0 Å². The number of hydrogen-bond acceptors (Lipinski definition) is 3. The molecule has 24 heavy (non-hydrogen) atoms. The van der Waals surface area contributed by atoms with Crippen molar-refractivity contribution < 1.29 is 9.59 Å². The first-order chi connectivity index (χ1) is 11.7. The molecule has 1 saturated heterocycles. The molecular weight excluding hydrogens is 322 g/mol. The lowest BCUT2D eigenvalue weighted by molar-refractivity contribution is -0.129. The predicted octanol–water partition coefficient (Wildman–Crippen LogP) is 2.83. The summed E-state index contributed by atoms with van der Waals surface area (Å²) in [6.07, 6.45) is 7.64. The van der Waals surface area contributed by atoms with Gasteiger partial charge in [0.25, 0.3) is 0 Å². The average molecular weight is 350 g/mol. The zero-order chi connectivity index (χ0) is 16.9. The third-order valence-electron chi connectivity index (χ3n) is 4.90. The van der Waals surface area contributed by atoms with Crippen molar-refractivity contribution in [2.45, 2.75) is 64.5 Å². The second-order valence-electron chi connectivity index (χ2n) is 6.73. The van der Waals surface area contributed by atoms with Crippen molar-refractivity contribution in [3.8, 4) is 0 Å². The van der Waals surface area contributed by atoms with Crippen molar-refractivity contribution in [1.82, 2.24) is 15.5 Å². The zero-order valence-electron chi connectivity index (χ0n) is 14.4. The quantitative estimate of drug-likeness (QED) is 0.821. The highest BCUT2D eigenvalue weighted by Crippen LogP contribution is 2.28. The maximum Gasteiger partial charge on any atom is 0.315 e. The van der Waals surface area contributed by atoms with Crippen LogP contribution in [0.5, 0.6) is 0 Å². The SMILES string of the molecule is CCC(=O)N1CC[C@H](NC(=O)NCc2cc3c(s2)CCCCC3)C1. The second-order valence-corrected chi connectivity index (χ2v) is 7.95. The van der Waals surface area contributed by atoms with Gasteiger partial charge in [-0.3, -0.25) is 4.79 Å². The fraction of sp³-hybridized carbons (Fsp3) is 0.667. The smallest absolute Gasteiger partial charge is 0.315 e. The molecule has 2 heterocycles. The molecule has 0 spiro atoms. The molecule has 1 aliphatic heterocycles. The molecule has 2 N–H and O–H groups in total. The first-order valence-electron chi connectivity index (χ1n) is 9.08. The van der Waals surface area contributed by atoms with E-state index >= 15 is 0 Å². The molecule has 6 heteroatoms. The fourth-order valence-corrected chi connectivity index (χ4v) is 4.75. The number of likely N-dealkylation sites (tertiary alicyclic amines) is 1. The van der Waals surface area contributed by atoms with Gasteiger partial charge in [-0.25, -0.2) is 4.79 Å². The van der Waals surface area contributed by atoms with Crippen molar-refractivity contribution in [2.24, 2.45) is 0 Å². The van der Waals surface area contributed by atoms with E-state index in [0.29, 0.717) is 19.5 Å². The van der Waals surface area contributed by atoms with Crippen LogP contribution < -0.4 is 10.6 Å². The first-order valence-corrected chi connectivity index (χ1v) is 9.90. The van der Waals surface area contributed by atoms with E-state index in [1.165, 1.54) is 47.4 Å². The minimum absolute atomic E-state index is 0.0700. The Balaban J connectivity index is 1.44. The number of nitrogens with one attached hydrogen (secondary N) is 2. The summed E-state index contributed by atoms with van der Waals surface area (Å²) < 4.78 is 0. The van der Waals surface area contributed by atoms with Crippen LogP contribution in [0.4, 0.5) is 4.79 Å². The molecule has 0 aromatic carbocycles. The van der Waals surface area contributed by atoms with Gasteiger partial charge in [-0.2, -0.15) is 0 Å². The van der Waals surface area contributed by atoms with Crippen molar-refractivity contribution >= 4 is 23.3 Å². The van der Waals surface area contributed by atoms with Crippen LogP contribution >= 0.6 is 11.3 Å². The van der Waals surface area contributed by atoms with Crippen LogP contribution in [0.3, 0.4) is 0 Å².